The standard InChI is InChI=1S/C40H35ClF2N6O4/c41-26-6-4-25(30(42)17-26)22-53-36-3-1-2-32(46-36)23-8-13-48(14-9-23)21-35-45-33-16-24(5-7-34(33)49(35)20-28-10-15-52-28)38(50)44-27-18-29-37(31(43)19-27)47-39(51)40(29)11-12-40/h1-8,16-19,28H,9-15,20-22H2,(H,44,50)(H,47,51)/t28-/m0/s1. The summed E-state index contributed by atoms with van der Waals surface area (Å²) < 4.78 is 43.0. The highest BCUT2D eigenvalue weighted by molar-refractivity contribution is 6.30. The molecule has 1 spiro atoms. The van der Waals surface area contributed by atoms with E-state index in [4.69, 9.17) is 26.1 Å². The Bertz CT molecular complexity index is 2340. The lowest BCUT2D eigenvalue weighted by Gasteiger charge is -2.29. The van der Waals surface area contributed by atoms with Gasteiger partial charge in [-0.3, -0.25) is 14.5 Å². The predicted molar refractivity (Wildman–Crippen MR) is 196 cm³/mol. The van der Waals surface area contributed by atoms with Crippen molar-refractivity contribution in [3.63, 3.8) is 0 Å². The van der Waals surface area contributed by atoms with Crippen molar-refractivity contribution in [1.29, 1.82) is 0 Å². The van der Waals surface area contributed by atoms with E-state index in [2.05, 4.69) is 31.2 Å². The van der Waals surface area contributed by atoms with Crippen LogP contribution >= 0.6 is 11.6 Å². The maximum Gasteiger partial charge on any atom is 0.255 e. The fourth-order valence-electron chi connectivity index (χ4n) is 7.39. The molecule has 0 unspecified atom stereocenters. The molecule has 3 aliphatic heterocycles. The molecule has 9 rings (SSSR count). The van der Waals surface area contributed by atoms with Crippen LogP contribution in [0.5, 0.6) is 5.88 Å². The average molecular weight is 737 g/mol. The van der Waals surface area contributed by atoms with Gasteiger partial charge in [-0.25, -0.2) is 18.7 Å². The molecule has 4 aliphatic rings. The van der Waals surface area contributed by atoms with E-state index in [1.165, 1.54) is 12.1 Å². The lowest BCUT2D eigenvalue weighted by molar-refractivity contribution is -0.117. The number of carbonyl (C=O) groups is 2. The highest BCUT2D eigenvalue weighted by atomic mass is 35.5. The number of aromatic nitrogens is 3. The summed E-state index contributed by atoms with van der Waals surface area (Å²) in [4.78, 5) is 37.9. The maximum atomic E-state index is 14.9. The van der Waals surface area contributed by atoms with E-state index in [0.29, 0.717) is 71.3 Å². The average Bonchev–Trinajstić information content (AvgIpc) is 3.81. The Labute approximate surface area is 308 Å². The summed E-state index contributed by atoms with van der Waals surface area (Å²) in [6, 6.07) is 18.5. The van der Waals surface area contributed by atoms with Crippen molar-refractivity contribution in [3.8, 4) is 5.88 Å². The van der Waals surface area contributed by atoms with Gasteiger partial charge in [0.05, 0.1) is 47.0 Å². The van der Waals surface area contributed by atoms with Gasteiger partial charge < -0.3 is 24.7 Å². The smallest absolute Gasteiger partial charge is 0.255 e. The molecule has 2 aromatic heterocycles. The largest absolute Gasteiger partial charge is 0.473 e. The van der Waals surface area contributed by atoms with Crippen molar-refractivity contribution in [2.45, 2.75) is 56.9 Å². The Hall–Kier alpha value is -5.17. The van der Waals surface area contributed by atoms with Crippen LogP contribution in [0.25, 0.3) is 16.6 Å². The Morgan fingerprint density at radius 3 is 2.70 bits per heavy atom. The van der Waals surface area contributed by atoms with Crippen LogP contribution in [0.15, 0.2) is 72.8 Å². The van der Waals surface area contributed by atoms with E-state index >= 15 is 0 Å². The number of rotatable bonds is 10. The fraction of sp³-hybridized carbons (Fsp3) is 0.300. The highest BCUT2D eigenvalue weighted by Crippen LogP contribution is 2.56. The fourth-order valence-corrected chi connectivity index (χ4v) is 7.55. The first-order chi connectivity index (χ1) is 25.7. The number of nitrogens with one attached hydrogen (secondary N) is 2. The van der Waals surface area contributed by atoms with Gasteiger partial charge in [-0.05, 0) is 85.4 Å². The minimum atomic E-state index is -0.673. The molecule has 5 aromatic rings. The number of amides is 2. The summed E-state index contributed by atoms with van der Waals surface area (Å²) in [7, 11) is 0. The highest BCUT2D eigenvalue weighted by Gasteiger charge is 2.57. The Morgan fingerprint density at radius 1 is 1.08 bits per heavy atom. The molecule has 2 amide bonds. The van der Waals surface area contributed by atoms with Gasteiger partial charge in [-0.15, -0.1) is 0 Å². The second kappa shape index (κ2) is 13.4. The van der Waals surface area contributed by atoms with E-state index in [9.17, 15) is 18.4 Å². The number of ether oxygens (including phenoxy) is 2. The van der Waals surface area contributed by atoms with Crippen LogP contribution in [0.1, 0.15) is 58.7 Å². The third-order valence-electron chi connectivity index (χ3n) is 10.7. The molecule has 1 aliphatic carbocycles. The minimum absolute atomic E-state index is 0.0433. The third-order valence-corrected chi connectivity index (χ3v) is 10.9. The quantitative estimate of drug-likeness (QED) is 0.155. The SMILES string of the molecule is O=C(Nc1cc(F)c2c(c1)C1(CC1)C(=O)N2)c1ccc2c(c1)nc(CN1CC=C(c3cccc(OCc4ccc(Cl)cc4F)n3)CC1)n2C[C@@H]1CCO1. The van der Waals surface area contributed by atoms with E-state index in [1.807, 2.05) is 18.2 Å². The number of imidazole rings is 1. The lowest BCUT2D eigenvalue weighted by atomic mass is 9.97. The molecule has 13 heteroatoms. The number of benzene rings is 3. The molecule has 10 nitrogen and oxygen atoms in total. The molecule has 2 N–H and O–H groups in total. The van der Waals surface area contributed by atoms with Crippen LogP contribution in [0.2, 0.25) is 5.02 Å². The van der Waals surface area contributed by atoms with Gasteiger partial charge in [0.15, 0.2) is 0 Å². The van der Waals surface area contributed by atoms with Crippen molar-refractivity contribution in [1.82, 2.24) is 19.4 Å². The number of hydrogen-bond acceptors (Lipinski definition) is 7. The van der Waals surface area contributed by atoms with Crippen LogP contribution in [-0.2, 0) is 34.6 Å². The number of carbonyl (C=O) groups excluding carboxylic acids is 2. The van der Waals surface area contributed by atoms with Crippen LogP contribution in [0.3, 0.4) is 0 Å². The van der Waals surface area contributed by atoms with Crippen molar-refractivity contribution >= 4 is 51.4 Å². The number of nitrogens with zero attached hydrogens (tertiary/aromatic N) is 4. The number of anilines is 2. The molecule has 0 bridgehead atoms. The van der Waals surface area contributed by atoms with Crippen molar-refractivity contribution in [2.75, 3.05) is 30.3 Å². The van der Waals surface area contributed by atoms with Gasteiger partial charge in [-0.2, -0.15) is 0 Å². The summed E-state index contributed by atoms with van der Waals surface area (Å²) in [5, 5.41) is 5.82. The van der Waals surface area contributed by atoms with Crippen molar-refractivity contribution < 1.29 is 27.8 Å². The Kier molecular flexibility index (Phi) is 8.48. The summed E-state index contributed by atoms with van der Waals surface area (Å²) in [5.74, 6) is -0.259. The zero-order valence-electron chi connectivity index (χ0n) is 28.6. The Morgan fingerprint density at radius 2 is 1.94 bits per heavy atom. The molecule has 53 heavy (non-hydrogen) atoms. The molecular weight excluding hydrogens is 702 g/mol. The van der Waals surface area contributed by atoms with Crippen molar-refractivity contribution in [2.24, 2.45) is 0 Å². The van der Waals surface area contributed by atoms with Gasteiger partial charge >= 0.3 is 0 Å². The van der Waals surface area contributed by atoms with Crippen LogP contribution < -0.4 is 15.4 Å². The number of hydrogen-bond donors (Lipinski definition) is 2. The van der Waals surface area contributed by atoms with Gasteiger partial charge in [0, 0.05) is 47.6 Å². The molecule has 3 aromatic carbocycles. The lowest BCUT2D eigenvalue weighted by Crippen LogP contribution is -2.33. The van der Waals surface area contributed by atoms with Gasteiger partial charge in [0.2, 0.25) is 11.8 Å². The maximum absolute atomic E-state index is 14.9. The molecule has 1 saturated heterocycles. The summed E-state index contributed by atoms with van der Waals surface area (Å²) in [5.41, 5.74) is 4.77. The number of pyridine rings is 1. The van der Waals surface area contributed by atoms with Gasteiger partial charge in [0.1, 0.15) is 24.1 Å². The molecule has 2 fully saturated rings. The molecule has 1 atom stereocenters. The first kappa shape index (κ1) is 33.7. The first-order valence-corrected chi connectivity index (χ1v) is 18.1. The van der Waals surface area contributed by atoms with Crippen molar-refractivity contribution in [3.05, 3.63) is 118 Å². The van der Waals surface area contributed by atoms with E-state index in [-0.39, 0.29) is 30.2 Å². The molecule has 270 valence electrons. The van der Waals surface area contributed by atoms with Crippen LogP contribution in [-0.4, -0.2) is 57.0 Å². The number of halogens is 3. The van der Waals surface area contributed by atoms with Gasteiger partial charge in [-0.1, -0.05) is 29.8 Å². The second-order valence-electron chi connectivity index (χ2n) is 14.1. The third kappa shape index (κ3) is 6.45. The second-order valence-corrected chi connectivity index (χ2v) is 14.5. The Balaban J connectivity index is 0.899. The van der Waals surface area contributed by atoms with Crippen LogP contribution in [0.4, 0.5) is 20.2 Å². The van der Waals surface area contributed by atoms with E-state index in [1.54, 1.807) is 36.4 Å². The molecular formula is C40H35ClF2N6O4. The normalized spacial score (nSPS) is 18.7. The molecule has 0 radical (unpaired) electrons. The zero-order valence-corrected chi connectivity index (χ0v) is 29.4. The monoisotopic (exact) mass is 736 g/mol. The molecule has 5 heterocycles. The predicted octanol–water partition coefficient (Wildman–Crippen LogP) is 7.26. The summed E-state index contributed by atoms with van der Waals surface area (Å²) >= 11 is 5.87. The summed E-state index contributed by atoms with van der Waals surface area (Å²) in [6.45, 7) is 3.51. The summed E-state index contributed by atoms with van der Waals surface area (Å²) in [6.07, 6.45) is 5.35. The first-order valence-electron chi connectivity index (χ1n) is 17.8. The van der Waals surface area contributed by atoms with Crippen LogP contribution in [0, 0.1) is 11.6 Å². The number of fused-ring (bicyclic) bond motifs is 3. The molecule has 1 saturated carbocycles. The van der Waals surface area contributed by atoms with E-state index in [0.717, 1.165) is 48.6 Å². The minimum Gasteiger partial charge on any atom is -0.473 e. The van der Waals surface area contributed by atoms with E-state index < -0.39 is 17.0 Å². The van der Waals surface area contributed by atoms with Gasteiger partial charge in [0.25, 0.3) is 5.91 Å². The zero-order chi connectivity index (χ0) is 36.3. The topological polar surface area (TPSA) is 111 Å².